The van der Waals surface area contributed by atoms with Crippen LogP contribution in [0.15, 0.2) is 54.6 Å². The van der Waals surface area contributed by atoms with Crippen molar-refractivity contribution in [3.63, 3.8) is 0 Å². The first-order valence-corrected chi connectivity index (χ1v) is 8.60. The molecule has 7 heteroatoms. The Labute approximate surface area is 152 Å². The molecular weight excluding hydrogens is 332 g/mol. The van der Waals surface area contributed by atoms with Crippen molar-refractivity contribution in [2.24, 2.45) is 5.73 Å². The molecule has 0 saturated carbocycles. The molecule has 1 amide bonds. The fourth-order valence-corrected chi connectivity index (χ4v) is 3.30. The molecule has 0 radical (unpaired) electrons. The second-order valence-electron chi connectivity index (χ2n) is 6.54. The molecule has 2 aromatic carbocycles. The molecule has 0 bridgehead atoms. The number of rotatable bonds is 6. The molecule has 1 heterocycles. The van der Waals surface area contributed by atoms with Gasteiger partial charge in [-0.2, -0.15) is 0 Å². The third kappa shape index (κ3) is 4.44. The van der Waals surface area contributed by atoms with E-state index in [2.05, 4.69) is 22.3 Å². The molecule has 2 aromatic rings. The maximum Gasteiger partial charge on any atom is 0.269 e. The fourth-order valence-electron chi connectivity index (χ4n) is 3.30. The van der Waals surface area contributed by atoms with Gasteiger partial charge in [-0.1, -0.05) is 30.3 Å². The Balaban J connectivity index is 1.48. The van der Waals surface area contributed by atoms with Gasteiger partial charge in [0.25, 0.3) is 5.69 Å². The van der Waals surface area contributed by atoms with E-state index in [1.165, 1.54) is 29.8 Å². The number of carbonyl (C=O) groups excluding carboxylic acids is 1. The highest BCUT2D eigenvalue weighted by Crippen LogP contribution is 2.26. The summed E-state index contributed by atoms with van der Waals surface area (Å²) in [6, 6.07) is 16.1. The van der Waals surface area contributed by atoms with Crippen molar-refractivity contribution in [3.8, 4) is 0 Å². The van der Waals surface area contributed by atoms with Crippen LogP contribution in [0.25, 0.3) is 0 Å². The summed E-state index contributed by atoms with van der Waals surface area (Å²) in [5, 5.41) is 13.4. The summed E-state index contributed by atoms with van der Waals surface area (Å²) < 4.78 is 0. The number of non-ortho nitro benzene ring substituents is 1. The Bertz CT molecular complexity index is 764. The van der Waals surface area contributed by atoms with Crippen LogP contribution in [-0.4, -0.2) is 41.4 Å². The first-order valence-electron chi connectivity index (χ1n) is 8.60. The van der Waals surface area contributed by atoms with Gasteiger partial charge < -0.3 is 16.0 Å². The van der Waals surface area contributed by atoms with E-state index in [0.717, 1.165) is 13.1 Å². The standard InChI is InChI=1S/C19H22N4O3/c20-18-13-22(12-17(18)14-4-2-1-3-5-14)11-10-19(24)21-15-6-8-16(9-7-15)23(25)26/h1-9,17-18H,10-13,20H2,(H,21,24)/t17-,18+/m0/s1. The maximum absolute atomic E-state index is 12.1. The Morgan fingerprint density at radius 1 is 1.15 bits per heavy atom. The highest BCUT2D eigenvalue weighted by Gasteiger charge is 2.31. The number of nitro benzene ring substituents is 1. The largest absolute Gasteiger partial charge is 0.326 e. The van der Waals surface area contributed by atoms with Gasteiger partial charge in [-0.25, -0.2) is 0 Å². The van der Waals surface area contributed by atoms with Crippen LogP contribution < -0.4 is 11.1 Å². The molecular formula is C19H22N4O3. The van der Waals surface area contributed by atoms with Crippen LogP contribution in [0.5, 0.6) is 0 Å². The fraction of sp³-hybridized carbons (Fsp3) is 0.316. The Hall–Kier alpha value is -2.77. The van der Waals surface area contributed by atoms with E-state index in [0.29, 0.717) is 18.7 Å². The normalized spacial score (nSPS) is 20.0. The zero-order valence-electron chi connectivity index (χ0n) is 14.4. The van der Waals surface area contributed by atoms with Crippen molar-refractivity contribution < 1.29 is 9.72 Å². The van der Waals surface area contributed by atoms with Gasteiger partial charge in [0, 0.05) is 55.8 Å². The van der Waals surface area contributed by atoms with E-state index < -0.39 is 4.92 Å². The predicted molar refractivity (Wildman–Crippen MR) is 99.9 cm³/mol. The van der Waals surface area contributed by atoms with Gasteiger partial charge in [0.15, 0.2) is 0 Å². The van der Waals surface area contributed by atoms with Crippen LogP contribution in [0.2, 0.25) is 0 Å². The lowest BCUT2D eigenvalue weighted by Gasteiger charge is -2.16. The number of likely N-dealkylation sites (tertiary alicyclic amines) is 1. The second kappa shape index (κ2) is 8.07. The minimum Gasteiger partial charge on any atom is -0.326 e. The van der Waals surface area contributed by atoms with Gasteiger partial charge in [0.1, 0.15) is 0 Å². The van der Waals surface area contributed by atoms with E-state index in [4.69, 9.17) is 5.73 Å². The monoisotopic (exact) mass is 354 g/mol. The van der Waals surface area contributed by atoms with Gasteiger partial charge in [-0.15, -0.1) is 0 Å². The second-order valence-corrected chi connectivity index (χ2v) is 6.54. The highest BCUT2D eigenvalue weighted by molar-refractivity contribution is 5.90. The zero-order valence-corrected chi connectivity index (χ0v) is 14.4. The van der Waals surface area contributed by atoms with Crippen molar-refractivity contribution in [1.82, 2.24) is 4.90 Å². The van der Waals surface area contributed by atoms with Gasteiger partial charge in [-0.05, 0) is 17.7 Å². The molecule has 2 atom stereocenters. The Morgan fingerprint density at radius 2 is 1.85 bits per heavy atom. The number of amides is 1. The van der Waals surface area contributed by atoms with Gasteiger partial charge >= 0.3 is 0 Å². The number of hydrogen-bond donors (Lipinski definition) is 2. The summed E-state index contributed by atoms with van der Waals surface area (Å²) in [4.78, 5) is 24.5. The van der Waals surface area contributed by atoms with Gasteiger partial charge in [0.2, 0.25) is 5.91 Å². The molecule has 1 aliphatic rings. The average Bonchev–Trinajstić information content (AvgIpc) is 3.02. The Morgan fingerprint density at radius 3 is 2.50 bits per heavy atom. The molecule has 1 aliphatic heterocycles. The summed E-state index contributed by atoms with van der Waals surface area (Å²) in [6.07, 6.45) is 0.352. The van der Waals surface area contributed by atoms with Crippen LogP contribution in [-0.2, 0) is 4.79 Å². The van der Waals surface area contributed by atoms with E-state index >= 15 is 0 Å². The molecule has 0 unspecified atom stereocenters. The average molecular weight is 354 g/mol. The minimum atomic E-state index is -0.467. The summed E-state index contributed by atoms with van der Waals surface area (Å²) in [5.41, 5.74) is 8.06. The van der Waals surface area contributed by atoms with Gasteiger partial charge in [-0.3, -0.25) is 14.9 Å². The number of hydrogen-bond acceptors (Lipinski definition) is 5. The van der Waals surface area contributed by atoms with Crippen LogP contribution in [0.4, 0.5) is 11.4 Å². The van der Waals surface area contributed by atoms with Crippen LogP contribution in [0.1, 0.15) is 17.9 Å². The summed E-state index contributed by atoms with van der Waals surface area (Å²) in [7, 11) is 0. The number of nitrogens with zero attached hydrogens (tertiary/aromatic N) is 2. The van der Waals surface area contributed by atoms with Crippen molar-refractivity contribution >= 4 is 17.3 Å². The first kappa shape index (κ1) is 18.0. The van der Waals surface area contributed by atoms with E-state index in [1.54, 1.807) is 0 Å². The molecule has 1 fully saturated rings. The summed E-state index contributed by atoms with van der Waals surface area (Å²) in [6.45, 7) is 2.25. The van der Waals surface area contributed by atoms with E-state index in [1.807, 2.05) is 18.2 Å². The lowest BCUT2D eigenvalue weighted by Crippen LogP contribution is -2.30. The predicted octanol–water partition coefficient (Wildman–Crippen LogP) is 2.35. The van der Waals surface area contributed by atoms with Crippen molar-refractivity contribution in [3.05, 3.63) is 70.3 Å². The molecule has 0 aliphatic carbocycles. The third-order valence-electron chi connectivity index (χ3n) is 4.69. The van der Waals surface area contributed by atoms with Crippen LogP contribution in [0.3, 0.4) is 0 Å². The smallest absolute Gasteiger partial charge is 0.269 e. The molecule has 136 valence electrons. The topological polar surface area (TPSA) is 102 Å². The Kier molecular flexibility index (Phi) is 5.60. The van der Waals surface area contributed by atoms with E-state index in [-0.39, 0.29) is 23.6 Å². The number of anilines is 1. The lowest BCUT2D eigenvalue weighted by molar-refractivity contribution is -0.384. The van der Waals surface area contributed by atoms with Crippen LogP contribution >= 0.6 is 0 Å². The quantitative estimate of drug-likeness (QED) is 0.612. The van der Waals surface area contributed by atoms with Crippen LogP contribution in [0, 0.1) is 10.1 Å². The molecule has 26 heavy (non-hydrogen) atoms. The van der Waals surface area contributed by atoms with Crippen molar-refractivity contribution in [2.45, 2.75) is 18.4 Å². The zero-order chi connectivity index (χ0) is 18.5. The molecule has 3 rings (SSSR count). The molecule has 1 saturated heterocycles. The number of benzene rings is 2. The first-order chi connectivity index (χ1) is 12.5. The highest BCUT2D eigenvalue weighted by atomic mass is 16.6. The third-order valence-corrected chi connectivity index (χ3v) is 4.69. The minimum absolute atomic E-state index is 0.000932. The molecule has 7 nitrogen and oxygen atoms in total. The number of nitro groups is 1. The van der Waals surface area contributed by atoms with E-state index in [9.17, 15) is 14.9 Å². The molecule has 3 N–H and O–H groups in total. The summed E-state index contributed by atoms with van der Waals surface area (Å²) in [5.74, 6) is 0.171. The van der Waals surface area contributed by atoms with Gasteiger partial charge in [0.05, 0.1) is 4.92 Å². The number of nitrogens with two attached hydrogens (primary N) is 1. The number of carbonyl (C=O) groups is 1. The maximum atomic E-state index is 12.1. The molecule has 0 aromatic heterocycles. The summed E-state index contributed by atoms with van der Waals surface area (Å²) >= 11 is 0. The lowest BCUT2D eigenvalue weighted by atomic mass is 9.95. The SMILES string of the molecule is N[C@@H]1CN(CCC(=O)Nc2ccc([N+](=O)[O-])cc2)C[C@H]1c1ccccc1. The van der Waals surface area contributed by atoms with Crippen molar-refractivity contribution in [1.29, 1.82) is 0 Å². The number of nitrogens with one attached hydrogen (secondary N) is 1. The van der Waals surface area contributed by atoms with Crippen molar-refractivity contribution in [2.75, 3.05) is 25.0 Å². The molecule has 0 spiro atoms.